The molecule has 7 heteroatoms. The molecule has 26 heavy (non-hydrogen) atoms. The lowest BCUT2D eigenvalue weighted by atomic mass is 10.0. The van der Waals surface area contributed by atoms with Gasteiger partial charge in [-0.3, -0.25) is 14.4 Å². The van der Waals surface area contributed by atoms with Crippen molar-refractivity contribution in [2.45, 2.75) is 38.1 Å². The molecular weight excluding hydrogens is 352 g/mol. The number of aromatic nitrogens is 1. The van der Waals surface area contributed by atoms with Crippen molar-refractivity contribution in [3.05, 3.63) is 52.3 Å². The van der Waals surface area contributed by atoms with Crippen LogP contribution in [-0.2, 0) is 4.79 Å². The minimum atomic E-state index is -1.01. The molecule has 0 saturated heterocycles. The number of amides is 1. The SMILES string of the molecule is CSc1ccc(C(CC(=O)O)NC(=O)c2[nH]c(C)c(C(C)=O)c2C)cc1. The predicted octanol–water partition coefficient (Wildman–Crippen LogP) is 3.50. The summed E-state index contributed by atoms with van der Waals surface area (Å²) in [6.07, 6.45) is 1.72. The van der Waals surface area contributed by atoms with E-state index < -0.39 is 17.9 Å². The Hall–Kier alpha value is -2.54. The Kier molecular flexibility index (Phi) is 6.26. The van der Waals surface area contributed by atoms with Gasteiger partial charge in [0.25, 0.3) is 5.91 Å². The van der Waals surface area contributed by atoms with Crippen molar-refractivity contribution >= 4 is 29.4 Å². The zero-order chi connectivity index (χ0) is 19.4. The number of aliphatic carboxylic acids is 1. The van der Waals surface area contributed by atoms with E-state index in [0.717, 1.165) is 4.90 Å². The van der Waals surface area contributed by atoms with E-state index in [2.05, 4.69) is 10.3 Å². The molecule has 0 saturated carbocycles. The van der Waals surface area contributed by atoms with Gasteiger partial charge in [0.15, 0.2) is 5.78 Å². The maximum Gasteiger partial charge on any atom is 0.305 e. The molecule has 3 N–H and O–H groups in total. The number of thioether (sulfide) groups is 1. The number of ketones is 1. The molecule has 0 aliphatic carbocycles. The molecular formula is C19H22N2O4S. The molecule has 0 bridgehead atoms. The molecule has 1 amide bonds. The standard InChI is InChI=1S/C19H22N2O4S/c1-10-17(12(3)22)11(2)20-18(10)19(25)21-15(9-16(23)24)13-5-7-14(26-4)8-6-13/h5-8,15,20H,9H2,1-4H3,(H,21,25)(H,23,24). The average Bonchev–Trinajstić information content (AvgIpc) is 2.88. The number of hydrogen-bond acceptors (Lipinski definition) is 4. The molecule has 0 fully saturated rings. The molecule has 6 nitrogen and oxygen atoms in total. The van der Waals surface area contributed by atoms with E-state index in [-0.39, 0.29) is 17.9 Å². The summed E-state index contributed by atoms with van der Waals surface area (Å²) in [6.45, 7) is 4.89. The lowest BCUT2D eigenvalue weighted by Crippen LogP contribution is -2.31. The van der Waals surface area contributed by atoms with E-state index in [9.17, 15) is 19.5 Å². The Morgan fingerprint density at radius 3 is 2.27 bits per heavy atom. The van der Waals surface area contributed by atoms with Crippen LogP contribution in [0.4, 0.5) is 0 Å². The van der Waals surface area contributed by atoms with Crippen molar-refractivity contribution in [2.75, 3.05) is 6.26 Å². The number of aromatic amines is 1. The van der Waals surface area contributed by atoms with E-state index in [1.165, 1.54) is 6.92 Å². The van der Waals surface area contributed by atoms with Crippen molar-refractivity contribution in [1.82, 2.24) is 10.3 Å². The van der Waals surface area contributed by atoms with Crippen LogP contribution in [0.5, 0.6) is 0 Å². The average molecular weight is 374 g/mol. The second kappa shape index (κ2) is 8.23. The largest absolute Gasteiger partial charge is 0.481 e. The van der Waals surface area contributed by atoms with Gasteiger partial charge in [-0.25, -0.2) is 0 Å². The van der Waals surface area contributed by atoms with Crippen LogP contribution in [0.2, 0.25) is 0 Å². The van der Waals surface area contributed by atoms with Crippen LogP contribution in [0.25, 0.3) is 0 Å². The highest BCUT2D eigenvalue weighted by Crippen LogP contribution is 2.23. The number of hydrogen-bond donors (Lipinski definition) is 3. The summed E-state index contributed by atoms with van der Waals surface area (Å²) in [7, 11) is 0. The second-order valence-corrected chi connectivity index (χ2v) is 6.96. The number of H-pyrrole nitrogens is 1. The van der Waals surface area contributed by atoms with E-state index in [1.807, 2.05) is 30.5 Å². The third-order valence-electron chi connectivity index (χ3n) is 4.22. The molecule has 1 unspecified atom stereocenters. The van der Waals surface area contributed by atoms with Gasteiger partial charge in [0.1, 0.15) is 5.69 Å². The fourth-order valence-electron chi connectivity index (χ4n) is 3.00. The molecule has 1 heterocycles. The number of rotatable bonds is 7. The number of carbonyl (C=O) groups excluding carboxylic acids is 2. The smallest absolute Gasteiger partial charge is 0.305 e. The highest BCUT2D eigenvalue weighted by molar-refractivity contribution is 7.98. The van der Waals surface area contributed by atoms with Gasteiger partial charge in [-0.15, -0.1) is 11.8 Å². The molecule has 2 aromatic rings. The fourth-order valence-corrected chi connectivity index (χ4v) is 3.41. The first-order valence-electron chi connectivity index (χ1n) is 8.11. The van der Waals surface area contributed by atoms with Gasteiger partial charge in [-0.1, -0.05) is 12.1 Å². The predicted molar refractivity (Wildman–Crippen MR) is 101 cm³/mol. The van der Waals surface area contributed by atoms with Gasteiger partial charge in [-0.05, 0) is 50.3 Å². The summed E-state index contributed by atoms with van der Waals surface area (Å²) in [5.74, 6) is -1.56. The van der Waals surface area contributed by atoms with Crippen LogP contribution in [0, 0.1) is 13.8 Å². The first-order valence-corrected chi connectivity index (χ1v) is 9.33. The summed E-state index contributed by atoms with van der Waals surface area (Å²) in [6, 6.07) is 6.73. The molecule has 0 aliphatic heterocycles. The number of nitrogens with one attached hydrogen (secondary N) is 2. The van der Waals surface area contributed by atoms with Crippen LogP contribution < -0.4 is 5.32 Å². The van der Waals surface area contributed by atoms with Crippen LogP contribution in [0.1, 0.15) is 57.1 Å². The molecule has 1 aromatic heterocycles. The van der Waals surface area contributed by atoms with E-state index in [0.29, 0.717) is 22.4 Å². The zero-order valence-electron chi connectivity index (χ0n) is 15.2. The van der Waals surface area contributed by atoms with Crippen molar-refractivity contribution in [2.24, 2.45) is 0 Å². The molecule has 0 radical (unpaired) electrons. The number of carboxylic acid groups (broad SMARTS) is 1. The maximum atomic E-state index is 12.7. The summed E-state index contributed by atoms with van der Waals surface area (Å²) >= 11 is 1.58. The lowest BCUT2D eigenvalue weighted by Gasteiger charge is -2.18. The van der Waals surface area contributed by atoms with Gasteiger partial charge in [0.05, 0.1) is 12.5 Å². The quantitative estimate of drug-likeness (QED) is 0.509. The Bertz CT molecular complexity index is 840. The molecule has 0 spiro atoms. The number of aryl methyl sites for hydroxylation is 1. The van der Waals surface area contributed by atoms with Crippen LogP contribution in [0.15, 0.2) is 29.2 Å². The van der Waals surface area contributed by atoms with Crippen LogP contribution in [-0.4, -0.2) is 34.0 Å². The van der Waals surface area contributed by atoms with Crippen molar-refractivity contribution in [3.8, 4) is 0 Å². The highest BCUT2D eigenvalue weighted by Gasteiger charge is 2.23. The Morgan fingerprint density at radius 2 is 1.81 bits per heavy atom. The van der Waals surface area contributed by atoms with Gasteiger partial charge < -0.3 is 15.4 Å². The number of carbonyl (C=O) groups is 3. The van der Waals surface area contributed by atoms with E-state index in [1.54, 1.807) is 25.6 Å². The van der Waals surface area contributed by atoms with Gasteiger partial charge in [-0.2, -0.15) is 0 Å². The maximum absolute atomic E-state index is 12.7. The van der Waals surface area contributed by atoms with Gasteiger partial charge >= 0.3 is 5.97 Å². The summed E-state index contributed by atoms with van der Waals surface area (Å²) in [5.41, 5.74) is 2.68. The topological polar surface area (TPSA) is 99.3 Å². The van der Waals surface area contributed by atoms with Gasteiger partial charge in [0.2, 0.25) is 0 Å². The first-order chi connectivity index (χ1) is 12.2. The Labute approximate surface area is 156 Å². The number of carboxylic acids is 1. The molecule has 138 valence electrons. The summed E-state index contributed by atoms with van der Waals surface area (Å²) in [5, 5.41) is 12.0. The van der Waals surface area contributed by atoms with E-state index in [4.69, 9.17) is 0 Å². The Morgan fingerprint density at radius 1 is 1.19 bits per heavy atom. The van der Waals surface area contributed by atoms with Crippen LogP contribution in [0.3, 0.4) is 0 Å². The Balaban J connectivity index is 2.30. The molecule has 0 aliphatic rings. The molecule has 1 atom stereocenters. The van der Waals surface area contributed by atoms with Crippen molar-refractivity contribution in [3.63, 3.8) is 0 Å². The third-order valence-corrected chi connectivity index (χ3v) is 4.96. The second-order valence-electron chi connectivity index (χ2n) is 6.08. The molecule has 2 rings (SSSR count). The minimum Gasteiger partial charge on any atom is -0.481 e. The third kappa shape index (κ3) is 4.35. The number of Topliss-reactive ketones (excluding diaryl/α,β-unsaturated/α-hetero) is 1. The lowest BCUT2D eigenvalue weighted by molar-refractivity contribution is -0.137. The monoisotopic (exact) mass is 374 g/mol. The normalized spacial score (nSPS) is 11.8. The van der Waals surface area contributed by atoms with Crippen molar-refractivity contribution < 1.29 is 19.5 Å². The van der Waals surface area contributed by atoms with Crippen molar-refractivity contribution in [1.29, 1.82) is 0 Å². The van der Waals surface area contributed by atoms with Crippen LogP contribution >= 0.6 is 11.8 Å². The molecule has 1 aromatic carbocycles. The van der Waals surface area contributed by atoms with E-state index >= 15 is 0 Å². The van der Waals surface area contributed by atoms with Gasteiger partial charge in [0, 0.05) is 16.2 Å². The fraction of sp³-hybridized carbons (Fsp3) is 0.316. The zero-order valence-corrected chi connectivity index (χ0v) is 16.0. The summed E-state index contributed by atoms with van der Waals surface area (Å²) < 4.78 is 0. The number of benzene rings is 1. The summed E-state index contributed by atoms with van der Waals surface area (Å²) in [4.78, 5) is 39.7. The highest BCUT2D eigenvalue weighted by atomic mass is 32.2. The minimum absolute atomic E-state index is 0.120. The first kappa shape index (κ1) is 19.8.